The van der Waals surface area contributed by atoms with Crippen molar-refractivity contribution in [1.29, 1.82) is 0 Å². The molecule has 4 heterocycles. The number of aryl methyl sites for hydroxylation is 2. The van der Waals surface area contributed by atoms with Gasteiger partial charge in [-0.1, -0.05) is 6.08 Å². The highest BCUT2D eigenvalue weighted by Gasteiger charge is 2.22. The van der Waals surface area contributed by atoms with Crippen molar-refractivity contribution in [2.24, 2.45) is 0 Å². The number of aromatic amines is 1. The first kappa shape index (κ1) is 27.2. The minimum absolute atomic E-state index is 0.0822. The summed E-state index contributed by atoms with van der Waals surface area (Å²) >= 11 is 0. The summed E-state index contributed by atoms with van der Waals surface area (Å²) < 4.78 is 24.9. The zero-order valence-corrected chi connectivity index (χ0v) is 22.9. The Morgan fingerprint density at radius 2 is 2.00 bits per heavy atom. The van der Waals surface area contributed by atoms with Gasteiger partial charge < -0.3 is 10.1 Å². The van der Waals surface area contributed by atoms with Crippen LogP contribution in [0.1, 0.15) is 60.6 Å². The van der Waals surface area contributed by atoms with E-state index in [-0.39, 0.29) is 23.9 Å². The summed E-state index contributed by atoms with van der Waals surface area (Å²) in [5, 5.41) is 19.6. The fourth-order valence-corrected chi connectivity index (χ4v) is 5.25. The summed E-state index contributed by atoms with van der Waals surface area (Å²) in [6.07, 6.45) is 4.74. The molecule has 0 saturated carbocycles. The van der Waals surface area contributed by atoms with Gasteiger partial charge >= 0.3 is 0 Å². The highest BCUT2D eigenvalue weighted by atomic mass is 32.2. The molecule has 37 heavy (non-hydrogen) atoms. The Labute approximate surface area is 217 Å². The number of nitrogens with one attached hydrogen (secondary N) is 2. The Hall–Kier alpha value is -2.86. The average Bonchev–Trinajstić information content (AvgIpc) is 3.25. The zero-order chi connectivity index (χ0) is 26.9. The third kappa shape index (κ3) is 6.35. The number of aliphatic hydroxyl groups is 1. The smallest absolute Gasteiger partial charge is 0.252 e. The van der Waals surface area contributed by atoms with Crippen molar-refractivity contribution >= 4 is 26.4 Å². The Bertz CT molecular complexity index is 1490. The van der Waals surface area contributed by atoms with E-state index in [1.54, 1.807) is 6.20 Å². The zero-order valence-electron chi connectivity index (χ0n) is 22.1. The Morgan fingerprint density at radius 3 is 2.62 bits per heavy atom. The summed E-state index contributed by atoms with van der Waals surface area (Å²) in [6, 6.07) is 3.88. The summed E-state index contributed by atoms with van der Waals surface area (Å²) in [5.41, 5.74) is 5.22. The van der Waals surface area contributed by atoms with Gasteiger partial charge in [-0.05, 0) is 57.4 Å². The number of nitrogens with zero attached hydrogens (tertiary/aromatic N) is 4. The normalized spacial score (nSPS) is 15.9. The lowest BCUT2D eigenvalue weighted by atomic mass is 10.0. The topological polar surface area (TPSA) is 133 Å². The van der Waals surface area contributed by atoms with E-state index in [0.717, 1.165) is 40.9 Å². The summed E-state index contributed by atoms with van der Waals surface area (Å²) in [5.74, 6) is 0.138. The van der Waals surface area contributed by atoms with E-state index < -0.39 is 16.1 Å². The lowest BCUT2D eigenvalue weighted by molar-refractivity contribution is 0.138. The molecule has 0 aliphatic carbocycles. The number of fused-ring (bicyclic) bond motifs is 1. The van der Waals surface area contributed by atoms with E-state index in [0.29, 0.717) is 29.9 Å². The van der Waals surface area contributed by atoms with Crippen molar-refractivity contribution in [2.45, 2.75) is 52.9 Å². The molecule has 1 unspecified atom stereocenters. The third-order valence-electron chi connectivity index (χ3n) is 6.75. The van der Waals surface area contributed by atoms with Gasteiger partial charge in [0.15, 0.2) is 5.65 Å². The maximum absolute atomic E-state index is 12.4. The molecule has 1 aliphatic heterocycles. The van der Waals surface area contributed by atoms with Crippen LogP contribution in [0.5, 0.6) is 0 Å². The van der Waals surface area contributed by atoms with E-state index in [9.17, 15) is 18.3 Å². The molecule has 3 N–H and O–H groups in total. The van der Waals surface area contributed by atoms with Gasteiger partial charge in [0.25, 0.3) is 5.56 Å². The molecule has 0 radical (unpaired) electrons. The maximum atomic E-state index is 12.4. The van der Waals surface area contributed by atoms with Crippen LogP contribution < -0.4 is 10.9 Å². The van der Waals surface area contributed by atoms with E-state index >= 15 is 0 Å². The van der Waals surface area contributed by atoms with Gasteiger partial charge in [-0.3, -0.25) is 15.0 Å². The standard InChI is InChI=1S/C26H36N6O4S/c1-16(2)32-24-22(15-28-32)20(25(33)27-14-21-17(3)12-18(4)29-26(21)34)13-23(30-24)19-6-8-31(9-7-19)10-11-37(5,35)36/h6,12-13,15-16,25,27,33H,7-11,14H2,1-5H3,(H,29,34). The molecule has 11 heteroatoms. The Balaban J connectivity index is 1.63. The molecule has 0 saturated heterocycles. The molecular formula is C26H36N6O4S. The first-order valence-corrected chi connectivity index (χ1v) is 14.6. The van der Waals surface area contributed by atoms with Gasteiger partial charge in [0.05, 0.1) is 17.6 Å². The lowest BCUT2D eigenvalue weighted by Gasteiger charge is -2.26. The third-order valence-corrected chi connectivity index (χ3v) is 7.67. The van der Waals surface area contributed by atoms with Crippen molar-refractivity contribution in [3.63, 3.8) is 0 Å². The van der Waals surface area contributed by atoms with Crippen LogP contribution in [0.4, 0.5) is 0 Å². The first-order valence-electron chi connectivity index (χ1n) is 12.5. The molecular weight excluding hydrogens is 492 g/mol. The number of pyridine rings is 2. The van der Waals surface area contributed by atoms with Gasteiger partial charge in [-0.25, -0.2) is 18.1 Å². The molecule has 4 rings (SSSR count). The predicted molar refractivity (Wildman–Crippen MR) is 145 cm³/mol. The minimum Gasteiger partial charge on any atom is -0.374 e. The quantitative estimate of drug-likeness (QED) is 0.360. The molecule has 0 spiro atoms. The van der Waals surface area contributed by atoms with Gasteiger partial charge in [0.2, 0.25) is 0 Å². The molecule has 1 aliphatic rings. The predicted octanol–water partition coefficient (Wildman–Crippen LogP) is 2.23. The van der Waals surface area contributed by atoms with E-state index in [4.69, 9.17) is 4.98 Å². The highest BCUT2D eigenvalue weighted by molar-refractivity contribution is 7.90. The highest BCUT2D eigenvalue weighted by Crippen LogP contribution is 2.30. The summed E-state index contributed by atoms with van der Waals surface area (Å²) in [7, 11) is -3.01. The van der Waals surface area contributed by atoms with E-state index in [2.05, 4.69) is 26.4 Å². The fourth-order valence-electron chi connectivity index (χ4n) is 4.66. The second-order valence-corrected chi connectivity index (χ2v) is 12.4. The number of rotatable bonds is 9. The van der Waals surface area contributed by atoms with Gasteiger partial charge in [-0.15, -0.1) is 0 Å². The largest absolute Gasteiger partial charge is 0.374 e. The molecule has 3 aromatic heterocycles. The number of hydrogen-bond acceptors (Lipinski definition) is 8. The van der Waals surface area contributed by atoms with E-state index in [1.165, 1.54) is 6.26 Å². The van der Waals surface area contributed by atoms with Crippen LogP contribution in [-0.2, 0) is 16.4 Å². The maximum Gasteiger partial charge on any atom is 0.252 e. The summed E-state index contributed by atoms with van der Waals surface area (Å²) in [6.45, 7) is 9.86. The molecule has 1 atom stereocenters. The minimum atomic E-state index is -3.01. The molecule has 3 aromatic rings. The van der Waals surface area contributed by atoms with Crippen molar-refractivity contribution in [3.05, 3.63) is 62.8 Å². The van der Waals surface area contributed by atoms with Crippen LogP contribution in [-0.4, -0.2) is 69.8 Å². The Kier molecular flexibility index (Phi) is 7.98. The van der Waals surface area contributed by atoms with Crippen LogP contribution >= 0.6 is 0 Å². The number of aliphatic hydroxyl groups excluding tert-OH is 1. The van der Waals surface area contributed by atoms with Gasteiger partial charge in [0, 0.05) is 60.7 Å². The van der Waals surface area contributed by atoms with Crippen molar-refractivity contribution in [2.75, 3.05) is 31.6 Å². The van der Waals surface area contributed by atoms with Crippen molar-refractivity contribution in [1.82, 2.24) is 30.0 Å². The Morgan fingerprint density at radius 1 is 1.24 bits per heavy atom. The second kappa shape index (κ2) is 10.9. The average molecular weight is 529 g/mol. The molecule has 0 aromatic carbocycles. The molecule has 0 amide bonds. The van der Waals surface area contributed by atoms with Crippen molar-refractivity contribution < 1.29 is 13.5 Å². The van der Waals surface area contributed by atoms with Crippen molar-refractivity contribution in [3.8, 4) is 0 Å². The fraction of sp³-hybridized carbons (Fsp3) is 0.500. The van der Waals surface area contributed by atoms with Crippen LogP contribution in [0, 0.1) is 13.8 Å². The monoisotopic (exact) mass is 528 g/mol. The number of hydrogen-bond donors (Lipinski definition) is 3. The molecule has 200 valence electrons. The van der Waals surface area contributed by atoms with Crippen LogP contribution in [0.25, 0.3) is 16.6 Å². The van der Waals surface area contributed by atoms with Gasteiger partial charge in [0.1, 0.15) is 16.1 Å². The lowest BCUT2D eigenvalue weighted by Crippen LogP contribution is -2.33. The SMILES string of the molecule is Cc1cc(C)c(CNC(O)c2cc(C3=CCN(CCS(C)(=O)=O)CC3)nc3c2cnn3C(C)C)c(=O)[nH]1. The molecule has 10 nitrogen and oxygen atoms in total. The van der Waals surface area contributed by atoms with Gasteiger partial charge in [-0.2, -0.15) is 5.10 Å². The second-order valence-electron chi connectivity index (χ2n) is 10.2. The molecule has 0 fully saturated rings. The molecule has 0 bridgehead atoms. The van der Waals surface area contributed by atoms with Crippen LogP contribution in [0.3, 0.4) is 0 Å². The first-order chi connectivity index (χ1) is 17.4. The summed E-state index contributed by atoms with van der Waals surface area (Å²) in [4.78, 5) is 22.3. The number of aromatic nitrogens is 4. The number of sulfone groups is 1. The van der Waals surface area contributed by atoms with Crippen LogP contribution in [0.2, 0.25) is 0 Å². The number of H-pyrrole nitrogens is 1. The van der Waals surface area contributed by atoms with Crippen LogP contribution in [0.15, 0.2) is 29.2 Å². The van der Waals surface area contributed by atoms with E-state index in [1.807, 2.05) is 44.5 Å².